The van der Waals surface area contributed by atoms with Gasteiger partial charge in [-0.3, -0.25) is 0 Å². The molecular formula is C9H8Cl4F3NO. The molecule has 0 aliphatic carbocycles. The molecule has 2 atom stereocenters. The lowest BCUT2D eigenvalue weighted by molar-refractivity contribution is -0.210. The number of benzene rings is 1. The molecule has 1 aromatic carbocycles. The van der Waals surface area contributed by atoms with Crippen molar-refractivity contribution in [2.45, 2.75) is 18.3 Å². The highest BCUT2D eigenvalue weighted by Gasteiger charge is 2.43. The van der Waals surface area contributed by atoms with Crippen LogP contribution in [0.5, 0.6) is 0 Å². The summed E-state index contributed by atoms with van der Waals surface area (Å²) in [5.41, 5.74) is 5.13. The third-order valence-corrected chi connectivity index (χ3v) is 3.09. The Kier molecular flexibility index (Phi) is 6.53. The summed E-state index contributed by atoms with van der Waals surface area (Å²) in [6.07, 6.45) is -7.59. The van der Waals surface area contributed by atoms with E-state index in [1.807, 2.05) is 0 Å². The van der Waals surface area contributed by atoms with Gasteiger partial charge >= 0.3 is 6.18 Å². The average molecular weight is 345 g/mol. The van der Waals surface area contributed by atoms with Crippen molar-refractivity contribution >= 4 is 47.2 Å². The second-order valence-electron chi connectivity index (χ2n) is 3.30. The van der Waals surface area contributed by atoms with Crippen LogP contribution >= 0.6 is 47.2 Å². The minimum absolute atomic E-state index is 0. The Hall–Kier alpha value is 0.0900. The number of aliphatic hydroxyl groups is 1. The normalized spacial score (nSPS) is 14.9. The summed E-state index contributed by atoms with van der Waals surface area (Å²) in [4.78, 5) is 0. The maximum absolute atomic E-state index is 12.3. The van der Waals surface area contributed by atoms with Crippen LogP contribution in [0.25, 0.3) is 0 Å². The molecule has 1 rings (SSSR count). The first-order chi connectivity index (χ1) is 7.64. The van der Waals surface area contributed by atoms with E-state index in [-0.39, 0.29) is 33.0 Å². The topological polar surface area (TPSA) is 46.2 Å². The van der Waals surface area contributed by atoms with Crippen LogP contribution in [0.15, 0.2) is 12.1 Å². The highest BCUT2D eigenvalue weighted by atomic mass is 35.5. The van der Waals surface area contributed by atoms with Crippen molar-refractivity contribution < 1.29 is 18.3 Å². The highest BCUT2D eigenvalue weighted by Crippen LogP contribution is 2.36. The maximum atomic E-state index is 12.3. The van der Waals surface area contributed by atoms with Crippen LogP contribution in [0.2, 0.25) is 15.1 Å². The predicted octanol–water partition coefficient (Wildman–Crippen LogP) is 3.99. The molecule has 0 heterocycles. The van der Waals surface area contributed by atoms with Gasteiger partial charge in [0.1, 0.15) is 0 Å². The quantitative estimate of drug-likeness (QED) is 0.797. The molecule has 3 N–H and O–H groups in total. The van der Waals surface area contributed by atoms with E-state index in [4.69, 9.17) is 45.6 Å². The van der Waals surface area contributed by atoms with Gasteiger partial charge in [0.05, 0.1) is 16.1 Å². The highest BCUT2D eigenvalue weighted by molar-refractivity contribution is 6.43. The van der Waals surface area contributed by atoms with Crippen molar-refractivity contribution in [3.63, 3.8) is 0 Å². The SMILES string of the molecule is Cl.N[C@H](c1cc(Cl)cc(Cl)c1Cl)[C@@H](O)C(F)(F)F. The lowest BCUT2D eigenvalue weighted by Crippen LogP contribution is -2.39. The molecule has 0 fully saturated rings. The molecule has 0 aliphatic heterocycles. The van der Waals surface area contributed by atoms with Gasteiger partial charge in [-0.15, -0.1) is 12.4 Å². The molecule has 1 aromatic rings. The van der Waals surface area contributed by atoms with Crippen molar-refractivity contribution in [2.24, 2.45) is 5.73 Å². The van der Waals surface area contributed by atoms with Gasteiger partial charge in [-0.25, -0.2) is 0 Å². The zero-order valence-corrected chi connectivity index (χ0v) is 11.6. The third kappa shape index (κ3) is 4.05. The number of nitrogens with two attached hydrogens (primary N) is 1. The molecule has 0 spiro atoms. The van der Waals surface area contributed by atoms with Gasteiger partial charge in [0, 0.05) is 5.02 Å². The fourth-order valence-corrected chi connectivity index (χ4v) is 1.94. The molecule has 0 unspecified atom stereocenters. The van der Waals surface area contributed by atoms with Gasteiger partial charge in [0.25, 0.3) is 0 Å². The van der Waals surface area contributed by atoms with E-state index >= 15 is 0 Å². The summed E-state index contributed by atoms with van der Waals surface area (Å²) in [5, 5.41) is 8.91. The average Bonchev–Trinajstić information content (AvgIpc) is 2.20. The van der Waals surface area contributed by atoms with Gasteiger partial charge < -0.3 is 10.8 Å². The summed E-state index contributed by atoms with van der Waals surface area (Å²) < 4.78 is 36.8. The number of rotatable bonds is 2. The molecule has 2 nitrogen and oxygen atoms in total. The number of aliphatic hydroxyl groups excluding tert-OH is 1. The van der Waals surface area contributed by atoms with Crippen LogP contribution in [-0.4, -0.2) is 17.4 Å². The van der Waals surface area contributed by atoms with Crippen molar-refractivity contribution in [1.82, 2.24) is 0 Å². The van der Waals surface area contributed by atoms with Crippen LogP contribution in [0.1, 0.15) is 11.6 Å². The molecule has 0 saturated carbocycles. The van der Waals surface area contributed by atoms with Gasteiger partial charge in [0.2, 0.25) is 0 Å². The Morgan fingerprint density at radius 3 is 2.11 bits per heavy atom. The molecule has 104 valence electrons. The van der Waals surface area contributed by atoms with Crippen LogP contribution in [0, 0.1) is 0 Å². The predicted molar refractivity (Wildman–Crippen MR) is 67.7 cm³/mol. The number of hydrogen-bond acceptors (Lipinski definition) is 2. The minimum Gasteiger partial charge on any atom is -0.382 e. The Labute approximate surface area is 122 Å². The standard InChI is InChI=1S/C9H7Cl3F3NO.ClH/c10-3-1-4(6(12)5(11)2-3)7(16)8(17)9(13,14)15;/h1-2,7-8,17H,16H2;1H/t7-,8-;/m1./s1. The molecule has 0 amide bonds. The Balaban J connectivity index is 0.00000289. The summed E-state index contributed by atoms with van der Waals surface area (Å²) in [5.74, 6) is 0. The molecule has 0 bridgehead atoms. The van der Waals surface area contributed by atoms with Crippen LogP contribution in [0.4, 0.5) is 13.2 Å². The lowest BCUT2D eigenvalue weighted by Gasteiger charge is -2.22. The van der Waals surface area contributed by atoms with E-state index in [1.54, 1.807) is 0 Å². The van der Waals surface area contributed by atoms with Crippen molar-refractivity contribution in [3.05, 3.63) is 32.8 Å². The van der Waals surface area contributed by atoms with Gasteiger partial charge in [0.15, 0.2) is 6.10 Å². The zero-order chi connectivity index (χ0) is 13.4. The molecule has 0 aliphatic rings. The van der Waals surface area contributed by atoms with E-state index in [2.05, 4.69) is 0 Å². The van der Waals surface area contributed by atoms with Crippen LogP contribution < -0.4 is 5.73 Å². The van der Waals surface area contributed by atoms with Crippen molar-refractivity contribution in [2.75, 3.05) is 0 Å². The second-order valence-corrected chi connectivity index (χ2v) is 4.52. The molecule has 9 heteroatoms. The Morgan fingerprint density at radius 2 is 1.67 bits per heavy atom. The third-order valence-electron chi connectivity index (χ3n) is 2.06. The number of hydrogen-bond donors (Lipinski definition) is 2. The molecular weight excluding hydrogens is 337 g/mol. The minimum atomic E-state index is -4.85. The summed E-state index contributed by atoms with van der Waals surface area (Å²) in [6, 6.07) is 0.649. The first-order valence-electron chi connectivity index (χ1n) is 4.29. The van der Waals surface area contributed by atoms with E-state index in [9.17, 15) is 13.2 Å². The first-order valence-corrected chi connectivity index (χ1v) is 5.42. The molecule has 0 saturated heterocycles. The monoisotopic (exact) mass is 343 g/mol. The number of halogens is 7. The Morgan fingerprint density at radius 1 is 1.17 bits per heavy atom. The van der Waals surface area contributed by atoms with Crippen molar-refractivity contribution in [1.29, 1.82) is 0 Å². The van der Waals surface area contributed by atoms with Crippen LogP contribution in [0.3, 0.4) is 0 Å². The van der Waals surface area contributed by atoms with Crippen molar-refractivity contribution in [3.8, 4) is 0 Å². The van der Waals surface area contributed by atoms with E-state index in [0.29, 0.717) is 0 Å². The van der Waals surface area contributed by atoms with E-state index in [1.165, 1.54) is 6.07 Å². The van der Waals surface area contributed by atoms with Crippen LogP contribution in [-0.2, 0) is 0 Å². The fraction of sp³-hybridized carbons (Fsp3) is 0.333. The summed E-state index contributed by atoms with van der Waals surface area (Å²) in [6.45, 7) is 0. The Bertz CT molecular complexity index is 427. The largest absolute Gasteiger partial charge is 0.416 e. The first kappa shape index (κ1) is 18.1. The molecule has 0 radical (unpaired) electrons. The number of alkyl halides is 3. The van der Waals surface area contributed by atoms with Gasteiger partial charge in [-0.1, -0.05) is 34.8 Å². The summed E-state index contributed by atoms with van der Waals surface area (Å²) >= 11 is 17.0. The molecule has 0 aromatic heterocycles. The van der Waals surface area contributed by atoms with Gasteiger partial charge in [-0.2, -0.15) is 13.2 Å². The maximum Gasteiger partial charge on any atom is 0.416 e. The van der Waals surface area contributed by atoms with E-state index < -0.39 is 18.3 Å². The van der Waals surface area contributed by atoms with Gasteiger partial charge in [-0.05, 0) is 17.7 Å². The lowest BCUT2D eigenvalue weighted by atomic mass is 10.0. The molecule has 18 heavy (non-hydrogen) atoms. The zero-order valence-electron chi connectivity index (χ0n) is 8.51. The smallest absolute Gasteiger partial charge is 0.382 e. The second kappa shape index (κ2) is 6.50. The fourth-order valence-electron chi connectivity index (χ4n) is 1.19. The van der Waals surface area contributed by atoms with E-state index in [0.717, 1.165) is 6.07 Å². The summed E-state index contributed by atoms with van der Waals surface area (Å²) in [7, 11) is 0.